The summed E-state index contributed by atoms with van der Waals surface area (Å²) in [5, 5.41) is 15.0. The summed E-state index contributed by atoms with van der Waals surface area (Å²) in [5.41, 5.74) is 1.70. The Balaban J connectivity index is 1.81. The van der Waals surface area contributed by atoms with E-state index in [1.54, 1.807) is 0 Å². The van der Waals surface area contributed by atoms with Crippen LogP contribution in [0.2, 0.25) is 5.02 Å². The van der Waals surface area contributed by atoms with Gasteiger partial charge in [-0.15, -0.1) is 0 Å². The van der Waals surface area contributed by atoms with Gasteiger partial charge < -0.3 is 8.92 Å². The lowest BCUT2D eigenvalue weighted by Crippen LogP contribution is -2.11. The molecule has 14 heteroatoms. The number of ether oxygens (including phenoxy) is 1. The highest BCUT2D eigenvalue weighted by atomic mass is 35.5. The fourth-order valence-corrected chi connectivity index (χ4v) is 4.03. The lowest BCUT2D eigenvalue weighted by molar-refractivity contribution is -0.385. The van der Waals surface area contributed by atoms with E-state index in [4.69, 9.17) is 20.5 Å². The molecule has 0 saturated carbocycles. The van der Waals surface area contributed by atoms with Crippen molar-refractivity contribution in [1.82, 2.24) is 0 Å². The van der Waals surface area contributed by atoms with Crippen LogP contribution >= 0.6 is 11.6 Å². The van der Waals surface area contributed by atoms with Crippen LogP contribution in [-0.4, -0.2) is 26.7 Å². The van der Waals surface area contributed by atoms with Gasteiger partial charge in [0.05, 0.1) is 34.5 Å². The lowest BCUT2D eigenvalue weighted by Gasteiger charge is -2.12. The van der Waals surface area contributed by atoms with Gasteiger partial charge in [-0.25, -0.2) is 0 Å². The maximum absolute atomic E-state index is 12.9. The molecule has 3 rings (SSSR count). The molecule has 0 aliphatic rings. The zero-order valence-corrected chi connectivity index (χ0v) is 20.1. The van der Waals surface area contributed by atoms with Crippen LogP contribution in [0.3, 0.4) is 0 Å². The van der Waals surface area contributed by atoms with E-state index in [2.05, 4.69) is 10.5 Å². The van der Waals surface area contributed by atoms with Gasteiger partial charge in [0.2, 0.25) is 0 Å². The zero-order chi connectivity index (χ0) is 26.7. The summed E-state index contributed by atoms with van der Waals surface area (Å²) in [6.45, 7) is 1.47. The fourth-order valence-electron chi connectivity index (χ4n) is 2.90. The van der Waals surface area contributed by atoms with Gasteiger partial charge in [-0.05, 0) is 55.0 Å². The Morgan fingerprint density at radius 2 is 1.81 bits per heavy atom. The van der Waals surface area contributed by atoms with E-state index in [1.165, 1.54) is 50.6 Å². The number of anilines is 1. The highest BCUT2D eigenvalue weighted by Crippen LogP contribution is 2.34. The number of rotatable bonds is 8. The predicted molar refractivity (Wildman–Crippen MR) is 126 cm³/mol. The Labute approximate surface area is 208 Å². The second kappa shape index (κ2) is 10.4. The number of nitro groups is 1. The first-order chi connectivity index (χ1) is 16.8. The van der Waals surface area contributed by atoms with Gasteiger partial charge in [0, 0.05) is 11.6 Å². The first-order valence-corrected chi connectivity index (χ1v) is 11.6. The van der Waals surface area contributed by atoms with Gasteiger partial charge in [0.25, 0.3) is 5.69 Å². The summed E-state index contributed by atoms with van der Waals surface area (Å²) in [6, 6.07) is 10.1. The van der Waals surface area contributed by atoms with E-state index < -0.39 is 31.7 Å². The van der Waals surface area contributed by atoms with E-state index in [-0.39, 0.29) is 33.5 Å². The van der Waals surface area contributed by atoms with E-state index in [9.17, 15) is 31.7 Å². The highest BCUT2D eigenvalue weighted by molar-refractivity contribution is 7.87. The SMILES string of the molecule is COc1cc(/C=N\Nc2cc(C(F)(F)F)ccc2Cl)ccc1OS(=O)(=O)c1ccc(C)c([N+](=O)[O-])c1. The highest BCUT2D eigenvalue weighted by Gasteiger charge is 2.31. The topological polar surface area (TPSA) is 120 Å². The molecule has 0 heterocycles. The zero-order valence-electron chi connectivity index (χ0n) is 18.5. The Bertz CT molecular complexity index is 1450. The molecule has 0 spiro atoms. The Morgan fingerprint density at radius 3 is 2.44 bits per heavy atom. The molecule has 36 heavy (non-hydrogen) atoms. The minimum absolute atomic E-state index is 0.0127. The van der Waals surface area contributed by atoms with Crippen molar-refractivity contribution in [3.05, 3.63) is 86.4 Å². The van der Waals surface area contributed by atoms with E-state index >= 15 is 0 Å². The van der Waals surface area contributed by atoms with Crippen molar-refractivity contribution in [3.8, 4) is 11.5 Å². The third kappa shape index (κ3) is 6.23. The third-order valence-electron chi connectivity index (χ3n) is 4.75. The standard InChI is InChI=1S/C22H17ClF3N3O6S/c1-13-3-6-16(11-19(13)29(30)31)36(32,33)35-20-8-4-14(9-21(20)34-2)12-27-28-18-10-15(22(24,25)26)5-7-17(18)23/h3-12,28H,1-2H3/b27-12-. The number of alkyl halides is 3. The van der Waals surface area contributed by atoms with E-state index in [1.807, 2.05) is 0 Å². The summed E-state index contributed by atoms with van der Waals surface area (Å²) in [7, 11) is -3.19. The summed E-state index contributed by atoms with van der Waals surface area (Å²) in [5.74, 6) is -0.215. The molecule has 0 fully saturated rings. The number of halogens is 4. The minimum atomic E-state index is -4.56. The first kappa shape index (κ1) is 26.8. The average molecular weight is 544 g/mol. The Kier molecular flexibility index (Phi) is 7.74. The van der Waals surface area contributed by atoms with E-state index in [0.29, 0.717) is 5.56 Å². The van der Waals surface area contributed by atoms with Crippen LogP contribution < -0.4 is 14.3 Å². The number of hydrogen-bond donors (Lipinski definition) is 1. The van der Waals surface area contributed by atoms with Crippen LogP contribution in [-0.2, 0) is 16.3 Å². The van der Waals surface area contributed by atoms with Gasteiger partial charge in [-0.1, -0.05) is 17.7 Å². The maximum Gasteiger partial charge on any atom is 0.416 e. The number of aryl methyl sites for hydroxylation is 1. The lowest BCUT2D eigenvalue weighted by atomic mass is 10.2. The van der Waals surface area contributed by atoms with Crippen LogP contribution in [0.1, 0.15) is 16.7 Å². The third-order valence-corrected chi connectivity index (χ3v) is 6.31. The first-order valence-electron chi connectivity index (χ1n) is 9.85. The number of nitrogens with zero attached hydrogens (tertiary/aromatic N) is 2. The number of hydrazone groups is 1. The predicted octanol–water partition coefficient (Wildman–Crippen LogP) is 5.80. The van der Waals surface area contributed by atoms with Crippen molar-refractivity contribution in [2.24, 2.45) is 5.10 Å². The number of nitro benzene ring substituents is 1. The minimum Gasteiger partial charge on any atom is -0.493 e. The van der Waals surface area contributed by atoms with Crippen molar-refractivity contribution in [2.45, 2.75) is 18.0 Å². The molecule has 0 radical (unpaired) electrons. The smallest absolute Gasteiger partial charge is 0.416 e. The van der Waals surface area contributed by atoms with Gasteiger partial charge in [0.15, 0.2) is 11.5 Å². The molecule has 3 aromatic rings. The quantitative estimate of drug-likeness (QED) is 0.165. The van der Waals surface area contributed by atoms with Crippen LogP contribution in [0.4, 0.5) is 24.5 Å². The normalized spacial score (nSPS) is 11.9. The molecule has 0 aliphatic heterocycles. The molecule has 0 aliphatic carbocycles. The fraction of sp³-hybridized carbons (Fsp3) is 0.136. The molecule has 0 saturated heterocycles. The maximum atomic E-state index is 12.9. The van der Waals surface area contributed by atoms with Gasteiger partial charge >= 0.3 is 16.3 Å². The van der Waals surface area contributed by atoms with Crippen molar-refractivity contribution < 1.29 is 35.4 Å². The van der Waals surface area contributed by atoms with Crippen molar-refractivity contribution >= 4 is 39.3 Å². The molecule has 0 atom stereocenters. The molecule has 0 bridgehead atoms. The van der Waals surface area contributed by atoms with Gasteiger partial charge in [0.1, 0.15) is 4.90 Å². The molecular weight excluding hydrogens is 527 g/mol. The molecule has 3 aromatic carbocycles. The number of benzene rings is 3. The van der Waals surface area contributed by atoms with Crippen molar-refractivity contribution in [3.63, 3.8) is 0 Å². The van der Waals surface area contributed by atoms with Gasteiger partial charge in [-0.2, -0.15) is 26.7 Å². The molecular formula is C22H17ClF3N3O6S. The van der Waals surface area contributed by atoms with Crippen LogP contribution in [0, 0.1) is 17.0 Å². The Morgan fingerprint density at radius 1 is 1.08 bits per heavy atom. The van der Waals surface area contributed by atoms with Crippen molar-refractivity contribution in [1.29, 1.82) is 0 Å². The van der Waals surface area contributed by atoms with Crippen LogP contribution in [0.15, 0.2) is 64.6 Å². The molecule has 9 nitrogen and oxygen atoms in total. The number of hydrogen-bond acceptors (Lipinski definition) is 8. The number of methoxy groups -OCH3 is 1. The van der Waals surface area contributed by atoms with Crippen LogP contribution in [0.25, 0.3) is 0 Å². The summed E-state index contributed by atoms with van der Waals surface area (Å²) >= 11 is 5.91. The summed E-state index contributed by atoms with van der Waals surface area (Å²) < 4.78 is 74.3. The monoisotopic (exact) mass is 543 g/mol. The second-order valence-corrected chi connectivity index (χ2v) is 9.17. The molecule has 0 aromatic heterocycles. The van der Waals surface area contributed by atoms with Gasteiger partial charge in [-0.3, -0.25) is 15.5 Å². The van der Waals surface area contributed by atoms with Crippen molar-refractivity contribution in [2.75, 3.05) is 12.5 Å². The molecule has 0 unspecified atom stereocenters. The second-order valence-electron chi connectivity index (χ2n) is 7.22. The molecule has 1 N–H and O–H groups in total. The average Bonchev–Trinajstić information content (AvgIpc) is 2.80. The molecule has 190 valence electrons. The summed E-state index contributed by atoms with van der Waals surface area (Å²) in [6.07, 6.45) is -3.32. The summed E-state index contributed by atoms with van der Waals surface area (Å²) in [4.78, 5) is 10.0. The van der Waals surface area contributed by atoms with Crippen LogP contribution in [0.5, 0.6) is 11.5 Å². The number of nitrogens with one attached hydrogen (secondary N) is 1. The Hall–Kier alpha value is -3.84. The largest absolute Gasteiger partial charge is 0.493 e. The molecule has 0 amide bonds. The van der Waals surface area contributed by atoms with E-state index in [0.717, 1.165) is 24.3 Å².